The van der Waals surface area contributed by atoms with Gasteiger partial charge in [-0.15, -0.1) is 0 Å². The molecule has 3 aliphatic carbocycles. The van der Waals surface area contributed by atoms with Gasteiger partial charge < -0.3 is 39.7 Å². The molecule has 3 fully saturated rings. The van der Waals surface area contributed by atoms with Crippen LogP contribution in [-0.2, 0) is 20.7 Å². The van der Waals surface area contributed by atoms with E-state index >= 15 is 0 Å². The van der Waals surface area contributed by atoms with Crippen molar-refractivity contribution in [2.24, 2.45) is 17.3 Å². The molecule has 0 spiro atoms. The van der Waals surface area contributed by atoms with E-state index in [0.29, 0.717) is 23.5 Å². The SMILES string of the molecule is COc1cc2c(cc1O)CC[C@@H]1[C@@H]2CC[C@]2(C)[C@@H](OC3O[C@H](C(=O)O)[C@@H](O)[C@H](O)[C@H]3O)CC[C@@H]12. The van der Waals surface area contributed by atoms with Crippen molar-refractivity contribution >= 4 is 5.97 Å². The quantitative estimate of drug-likeness (QED) is 0.435. The number of carbonyl (C=O) groups is 1. The number of carboxylic acid groups (broad SMARTS) is 1. The Bertz CT molecular complexity index is 951. The van der Waals surface area contributed by atoms with Crippen LogP contribution < -0.4 is 4.74 Å². The molecule has 0 amide bonds. The standard InChI is InChI=1S/C25H34O9/c1-25-8-7-12-13(4-3-11-9-16(26)17(32-2)10-14(11)12)15(25)5-6-18(25)33-24-21(29)19(27)20(28)22(34-24)23(30)31/h9-10,12-13,15,18-22,24,26-29H,3-8H2,1-2H3,(H,30,31)/t12-,13+,15-,18-,19-,20-,21+,22-,24?,25-/m0/s1. The molecule has 1 saturated heterocycles. The predicted octanol–water partition coefficient (Wildman–Crippen LogP) is 1.53. The van der Waals surface area contributed by atoms with Crippen molar-refractivity contribution in [3.05, 3.63) is 23.3 Å². The van der Waals surface area contributed by atoms with E-state index in [4.69, 9.17) is 14.2 Å². The van der Waals surface area contributed by atoms with Gasteiger partial charge in [0.25, 0.3) is 0 Å². The molecule has 34 heavy (non-hydrogen) atoms. The Morgan fingerprint density at radius 1 is 1.09 bits per heavy atom. The smallest absolute Gasteiger partial charge is 0.335 e. The van der Waals surface area contributed by atoms with Crippen molar-refractivity contribution in [2.45, 2.75) is 88.2 Å². The molecule has 0 radical (unpaired) electrons. The number of benzene rings is 1. The lowest BCUT2D eigenvalue weighted by Gasteiger charge is -2.51. The fourth-order valence-corrected chi connectivity index (χ4v) is 7.25. The predicted molar refractivity (Wildman–Crippen MR) is 118 cm³/mol. The van der Waals surface area contributed by atoms with Gasteiger partial charge in [-0.05, 0) is 85.0 Å². The monoisotopic (exact) mass is 478 g/mol. The molecule has 2 saturated carbocycles. The molecule has 9 nitrogen and oxygen atoms in total. The van der Waals surface area contributed by atoms with Crippen LogP contribution >= 0.6 is 0 Å². The van der Waals surface area contributed by atoms with E-state index in [2.05, 4.69) is 6.92 Å². The average molecular weight is 479 g/mol. The topological polar surface area (TPSA) is 146 Å². The highest BCUT2D eigenvalue weighted by Crippen LogP contribution is 2.62. The number of phenols is 1. The van der Waals surface area contributed by atoms with Crippen LogP contribution in [0, 0.1) is 17.3 Å². The molecule has 1 unspecified atom stereocenters. The van der Waals surface area contributed by atoms with Crippen molar-refractivity contribution in [2.75, 3.05) is 7.11 Å². The Balaban J connectivity index is 1.35. The van der Waals surface area contributed by atoms with E-state index in [1.165, 1.54) is 11.1 Å². The summed E-state index contributed by atoms with van der Waals surface area (Å²) in [5, 5.41) is 50.1. The van der Waals surface area contributed by atoms with Gasteiger partial charge in [-0.25, -0.2) is 4.79 Å². The summed E-state index contributed by atoms with van der Waals surface area (Å²) in [6.45, 7) is 2.20. The van der Waals surface area contributed by atoms with Crippen LogP contribution in [0.5, 0.6) is 11.5 Å². The number of aliphatic carboxylic acids is 1. The number of aliphatic hydroxyl groups excluding tert-OH is 3. The van der Waals surface area contributed by atoms with Gasteiger partial charge in [0.05, 0.1) is 13.2 Å². The van der Waals surface area contributed by atoms with Gasteiger partial charge in [-0.3, -0.25) is 0 Å². The molecule has 1 aromatic carbocycles. The fourth-order valence-electron chi connectivity index (χ4n) is 7.25. The van der Waals surface area contributed by atoms with Crippen molar-refractivity contribution in [1.29, 1.82) is 0 Å². The van der Waals surface area contributed by atoms with Crippen molar-refractivity contribution in [3.63, 3.8) is 0 Å². The Morgan fingerprint density at radius 3 is 2.56 bits per heavy atom. The molecule has 0 bridgehead atoms. The first-order valence-corrected chi connectivity index (χ1v) is 12.1. The Labute approximate surface area is 198 Å². The second kappa shape index (κ2) is 8.64. The summed E-state index contributed by atoms with van der Waals surface area (Å²) >= 11 is 0. The van der Waals surface area contributed by atoms with E-state index in [1.807, 2.05) is 12.1 Å². The van der Waals surface area contributed by atoms with E-state index in [1.54, 1.807) is 7.11 Å². The number of aromatic hydroxyl groups is 1. The summed E-state index contributed by atoms with van der Waals surface area (Å²) in [6, 6.07) is 3.82. The van der Waals surface area contributed by atoms with Crippen LogP contribution in [0.15, 0.2) is 12.1 Å². The van der Waals surface area contributed by atoms with Crippen LogP contribution in [0.2, 0.25) is 0 Å². The summed E-state index contributed by atoms with van der Waals surface area (Å²) in [5.41, 5.74) is 2.26. The number of hydrogen-bond acceptors (Lipinski definition) is 8. The molecule has 1 heterocycles. The van der Waals surface area contributed by atoms with Crippen molar-refractivity contribution in [3.8, 4) is 11.5 Å². The second-order valence-corrected chi connectivity index (χ2v) is 10.6. The number of aliphatic hydroxyl groups is 3. The van der Waals surface area contributed by atoms with Gasteiger partial charge in [0.2, 0.25) is 0 Å². The zero-order chi connectivity index (χ0) is 24.4. The number of methoxy groups -OCH3 is 1. The van der Waals surface area contributed by atoms with Gasteiger partial charge in [-0.1, -0.05) is 6.92 Å². The van der Waals surface area contributed by atoms with Crippen LogP contribution in [0.1, 0.15) is 56.1 Å². The third-order valence-electron chi connectivity index (χ3n) is 9.05. The average Bonchev–Trinajstić information content (AvgIpc) is 3.14. The van der Waals surface area contributed by atoms with Crippen LogP contribution in [0.4, 0.5) is 0 Å². The summed E-state index contributed by atoms with van der Waals surface area (Å²) in [7, 11) is 1.56. The van der Waals surface area contributed by atoms with Crippen LogP contribution in [0.3, 0.4) is 0 Å². The van der Waals surface area contributed by atoms with E-state index in [-0.39, 0.29) is 17.3 Å². The first kappa shape index (κ1) is 23.8. The van der Waals surface area contributed by atoms with E-state index in [9.17, 15) is 30.3 Å². The van der Waals surface area contributed by atoms with Gasteiger partial charge in [0.1, 0.15) is 18.3 Å². The summed E-state index contributed by atoms with van der Waals surface area (Å²) in [4.78, 5) is 11.5. The fraction of sp³-hybridized carbons (Fsp3) is 0.720. The summed E-state index contributed by atoms with van der Waals surface area (Å²) < 4.78 is 16.9. The highest BCUT2D eigenvalue weighted by molar-refractivity contribution is 5.73. The van der Waals surface area contributed by atoms with E-state index in [0.717, 1.165) is 38.5 Å². The number of hydrogen-bond donors (Lipinski definition) is 5. The lowest BCUT2D eigenvalue weighted by atomic mass is 9.55. The van der Waals surface area contributed by atoms with Crippen molar-refractivity contribution < 1.29 is 44.5 Å². The van der Waals surface area contributed by atoms with Gasteiger partial charge >= 0.3 is 5.97 Å². The molecule has 0 aromatic heterocycles. The molecule has 1 aliphatic heterocycles. The van der Waals surface area contributed by atoms with Gasteiger partial charge in [0.15, 0.2) is 23.9 Å². The van der Waals surface area contributed by atoms with Gasteiger partial charge in [-0.2, -0.15) is 0 Å². The second-order valence-electron chi connectivity index (χ2n) is 10.6. The Hall–Kier alpha value is -1.91. The molecule has 10 atom stereocenters. The maximum absolute atomic E-state index is 11.5. The zero-order valence-electron chi connectivity index (χ0n) is 19.5. The Kier molecular flexibility index (Phi) is 6.05. The number of phenolic OH excluding ortho intramolecular Hbond substituents is 1. The van der Waals surface area contributed by atoms with Gasteiger partial charge in [0, 0.05) is 0 Å². The third kappa shape index (κ3) is 3.60. The first-order chi connectivity index (χ1) is 16.2. The lowest BCUT2D eigenvalue weighted by molar-refractivity contribution is -0.312. The Morgan fingerprint density at radius 2 is 1.85 bits per heavy atom. The summed E-state index contributed by atoms with van der Waals surface area (Å²) in [5.74, 6) is 0.469. The number of fused-ring (bicyclic) bond motifs is 5. The molecular formula is C25H34O9. The minimum atomic E-state index is -1.73. The minimum absolute atomic E-state index is 0.174. The molecule has 5 N–H and O–H groups in total. The third-order valence-corrected chi connectivity index (χ3v) is 9.05. The molecule has 9 heteroatoms. The van der Waals surface area contributed by atoms with E-state index < -0.39 is 36.7 Å². The number of ether oxygens (including phenoxy) is 3. The maximum atomic E-state index is 11.5. The molecule has 4 aliphatic rings. The first-order valence-electron chi connectivity index (χ1n) is 12.1. The number of carboxylic acids is 1. The van der Waals surface area contributed by atoms with Crippen molar-refractivity contribution in [1.82, 2.24) is 0 Å². The highest BCUT2D eigenvalue weighted by Gasteiger charge is 2.57. The largest absolute Gasteiger partial charge is 0.504 e. The number of rotatable bonds is 4. The normalized spacial score (nSPS) is 43.5. The minimum Gasteiger partial charge on any atom is -0.504 e. The molecule has 188 valence electrons. The lowest BCUT2D eigenvalue weighted by Crippen LogP contribution is -2.61. The highest BCUT2D eigenvalue weighted by atomic mass is 16.7. The maximum Gasteiger partial charge on any atom is 0.335 e. The molecular weight excluding hydrogens is 444 g/mol. The molecule has 1 aromatic rings. The van der Waals surface area contributed by atoms with Crippen LogP contribution in [0.25, 0.3) is 0 Å². The number of aryl methyl sites for hydroxylation is 1. The molecule has 5 rings (SSSR count). The zero-order valence-corrected chi connectivity index (χ0v) is 19.5. The summed E-state index contributed by atoms with van der Waals surface area (Å²) in [6.07, 6.45) is -2.72. The van der Waals surface area contributed by atoms with Crippen LogP contribution in [-0.4, -0.2) is 75.4 Å².